The molecule has 2 aliphatic rings. The van der Waals surface area contributed by atoms with E-state index in [0.29, 0.717) is 0 Å². The van der Waals surface area contributed by atoms with E-state index in [1.165, 1.54) is 0 Å². The molecule has 1 saturated carbocycles. The van der Waals surface area contributed by atoms with Crippen molar-refractivity contribution in [2.75, 3.05) is 6.61 Å². The lowest BCUT2D eigenvalue weighted by atomic mass is 9.92. The first-order valence-corrected chi connectivity index (χ1v) is 8.58. The van der Waals surface area contributed by atoms with Gasteiger partial charge in [0, 0.05) is 18.4 Å². The molecule has 1 aromatic carbocycles. The summed E-state index contributed by atoms with van der Waals surface area (Å²) in [6, 6.07) is 7.47. The van der Waals surface area contributed by atoms with E-state index in [9.17, 15) is 8.42 Å². The topological polar surface area (TPSA) is 87.9 Å². The molecule has 3 rings (SSSR count). The van der Waals surface area contributed by atoms with Crippen molar-refractivity contribution in [2.24, 2.45) is 5.14 Å². The maximum atomic E-state index is 11.0. The van der Waals surface area contributed by atoms with E-state index in [2.05, 4.69) is 0 Å². The molecule has 1 atom stereocenters. The van der Waals surface area contributed by atoms with Gasteiger partial charge in [0.2, 0.25) is 5.79 Å². The number of hydrogen-bond donors (Lipinski definition) is 1. The SMILES string of the molecule is NS(=O)(=O)OCC1OC2(CCCCC2)Oc2ccccc21. The van der Waals surface area contributed by atoms with Crippen LogP contribution in [0.25, 0.3) is 0 Å². The Morgan fingerprint density at radius 3 is 2.67 bits per heavy atom. The van der Waals surface area contributed by atoms with Crippen LogP contribution in [-0.4, -0.2) is 20.8 Å². The molecule has 0 bridgehead atoms. The number of nitrogens with two attached hydrogens (primary N) is 1. The van der Waals surface area contributed by atoms with E-state index in [4.69, 9.17) is 18.8 Å². The molecule has 1 heterocycles. The highest BCUT2D eigenvalue weighted by Crippen LogP contribution is 2.44. The smallest absolute Gasteiger partial charge is 0.333 e. The summed E-state index contributed by atoms with van der Waals surface area (Å²) in [6.07, 6.45) is 4.33. The Morgan fingerprint density at radius 1 is 1.24 bits per heavy atom. The van der Waals surface area contributed by atoms with Gasteiger partial charge in [-0.3, -0.25) is 4.18 Å². The Hall–Kier alpha value is -1.15. The van der Waals surface area contributed by atoms with E-state index < -0.39 is 22.2 Å². The fourth-order valence-corrected chi connectivity index (χ4v) is 3.29. The van der Waals surface area contributed by atoms with Gasteiger partial charge in [0.05, 0.1) is 6.61 Å². The molecule has 1 aliphatic heterocycles. The number of para-hydroxylation sites is 1. The summed E-state index contributed by atoms with van der Waals surface area (Å²) in [5, 5.41) is 4.91. The van der Waals surface area contributed by atoms with Crippen LogP contribution in [0.3, 0.4) is 0 Å². The van der Waals surface area contributed by atoms with Gasteiger partial charge in [-0.15, -0.1) is 0 Å². The van der Waals surface area contributed by atoms with Crippen molar-refractivity contribution in [3.05, 3.63) is 29.8 Å². The minimum atomic E-state index is -3.99. The number of fused-ring (bicyclic) bond motifs is 1. The summed E-state index contributed by atoms with van der Waals surface area (Å²) in [6.45, 7) is -0.138. The Balaban J connectivity index is 1.86. The maximum Gasteiger partial charge on any atom is 0.333 e. The molecule has 1 unspecified atom stereocenters. The molecule has 0 saturated heterocycles. The summed E-state index contributed by atoms with van der Waals surface area (Å²) in [7, 11) is -3.99. The zero-order valence-electron chi connectivity index (χ0n) is 11.7. The number of hydrogen-bond acceptors (Lipinski definition) is 5. The molecule has 1 spiro atoms. The first-order valence-electron chi connectivity index (χ1n) is 7.10. The van der Waals surface area contributed by atoms with Gasteiger partial charge < -0.3 is 9.47 Å². The fourth-order valence-electron chi connectivity index (χ4n) is 2.98. The first kappa shape index (κ1) is 14.8. The summed E-state index contributed by atoms with van der Waals surface area (Å²) in [5.41, 5.74) is 0.789. The molecule has 1 aromatic rings. The minimum absolute atomic E-state index is 0.138. The second-order valence-electron chi connectivity index (χ2n) is 5.50. The molecule has 0 aromatic heterocycles. The molecule has 0 radical (unpaired) electrons. The van der Waals surface area contributed by atoms with Crippen molar-refractivity contribution in [3.8, 4) is 5.75 Å². The molecule has 1 aliphatic carbocycles. The summed E-state index contributed by atoms with van der Waals surface area (Å²) < 4.78 is 38.9. The van der Waals surface area contributed by atoms with Crippen LogP contribution in [0.4, 0.5) is 0 Å². The molecular weight excluding hydrogens is 294 g/mol. The lowest BCUT2D eigenvalue weighted by molar-refractivity contribution is -0.249. The quantitative estimate of drug-likeness (QED) is 0.922. The van der Waals surface area contributed by atoms with Gasteiger partial charge in [-0.1, -0.05) is 24.6 Å². The van der Waals surface area contributed by atoms with Gasteiger partial charge in [0.25, 0.3) is 0 Å². The van der Waals surface area contributed by atoms with Crippen LogP contribution in [-0.2, 0) is 19.2 Å². The van der Waals surface area contributed by atoms with E-state index in [1.807, 2.05) is 24.3 Å². The van der Waals surface area contributed by atoms with Crippen LogP contribution in [0.1, 0.15) is 43.8 Å². The molecule has 0 amide bonds. The monoisotopic (exact) mass is 313 g/mol. The van der Waals surface area contributed by atoms with E-state index in [-0.39, 0.29) is 6.61 Å². The van der Waals surface area contributed by atoms with Crippen molar-refractivity contribution in [1.29, 1.82) is 0 Å². The number of rotatable bonds is 3. The summed E-state index contributed by atoms with van der Waals surface area (Å²) in [4.78, 5) is 0. The second-order valence-corrected chi connectivity index (χ2v) is 6.72. The Labute approximate surface area is 124 Å². The Morgan fingerprint density at radius 2 is 1.95 bits per heavy atom. The predicted octanol–water partition coefficient (Wildman–Crippen LogP) is 2.02. The van der Waals surface area contributed by atoms with E-state index >= 15 is 0 Å². The highest BCUT2D eigenvalue weighted by Gasteiger charge is 2.43. The van der Waals surface area contributed by atoms with E-state index in [0.717, 1.165) is 43.4 Å². The van der Waals surface area contributed by atoms with Crippen molar-refractivity contribution >= 4 is 10.3 Å². The van der Waals surface area contributed by atoms with Crippen LogP contribution in [0.2, 0.25) is 0 Å². The zero-order chi connectivity index (χ0) is 14.9. The van der Waals surface area contributed by atoms with Crippen LogP contribution < -0.4 is 9.88 Å². The van der Waals surface area contributed by atoms with Crippen molar-refractivity contribution in [2.45, 2.75) is 44.0 Å². The Kier molecular flexibility index (Phi) is 3.92. The van der Waals surface area contributed by atoms with Crippen LogP contribution in [0.5, 0.6) is 5.75 Å². The molecule has 1 fully saturated rings. The lowest BCUT2D eigenvalue weighted by Gasteiger charge is -2.44. The third kappa shape index (κ3) is 3.37. The molecule has 116 valence electrons. The van der Waals surface area contributed by atoms with Gasteiger partial charge >= 0.3 is 10.3 Å². The standard InChI is InChI=1S/C14H19NO5S/c15-21(16,17)18-10-13-11-6-2-3-7-12(11)19-14(20-13)8-4-1-5-9-14/h2-3,6-7,13H,1,4-5,8-10H2,(H2,15,16,17). The second kappa shape index (κ2) is 5.57. The molecule has 6 nitrogen and oxygen atoms in total. The number of benzene rings is 1. The summed E-state index contributed by atoms with van der Waals surface area (Å²) >= 11 is 0. The average molecular weight is 313 g/mol. The van der Waals surface area contributed by atoms with Crippen molar-refractivity contribution in [3.63, 3.8) is 0 Å². The Bertz CT molecular complexity index is 610. The van der Waals surface area contributed by atoms with Gasteiger partial charge in [-0.2, -0.15) is 8.42 Å². The molecule has 21 heavy (non-hydrogen) atoms. The van der Waals surface area contributed by atoms with Gasteiger partial charge in [0.15, 0.2) is 0 Å². The molecule has 7 heteroatoms. The summed E-state index contributed by atoms with van der Waals surface area (Å²) in [5.74, 6) is 0.0626. The zero-order valence-corrected chi connectivity index (χ0v) is 12.5. The first-order chi connectivity index (χ1) is 9.98. The van der Waals surface area contributed by atoms with Gasteiger partial charge in [-0.05, 0) is 18.9 Å². The van der Waals surface area contributed by atoms with Crippen molar-refractivity contribution in [1.82, 2.24) is 0 Å². The largest absolute Gasteiger partial charge is 0.462 e. The predicted molar refractivity (Wildman–Crippen MR) is 75.8 cm³/mol. The third-order valence-electron chi connectivity index (χ3n) is 3.92. The molecular formula is C14H19NO5S. The maximum absolute atomic E-state index is 11.0. The third-order valence-corrected chi connectivity index (χ3v) is 4.38. The molecule has 2 N–H and O–H groups in total. The minimum Gasteiger partial charge on any atom is -0.462 e. The fraction of sp³-hybridized carbons (Fsp3) is 0.571. The highest BCUT2D eigenvalue weighted by molar-refractivity contribution is 7.84. The lowest BCUT2D eigenvalue weighted by Crippen LogP contribution is -2.46. The normalized spacial score (nSPS) is 24.3. The van der Waals surface area contributed by atoms with Crippen LogP contribution in [0.15, 0.2) is 24.3 Å². The van der Waals surface area contributed by atoms with E-state index in [1.54, 1.807) is 0 Å². The highest BCUT2D eigenvalue weighted by atomic mass is 32.2. The average Bonchev–Trinajstić information content (AvgIpc) is 2.45. The van der Waals surface area contributed by atoms with Gasteiger partial charge in [0.1, 0.15) is 11.9 Å². The van der Waals surface area contributed by atoms with Crippen molar-refractivity contribution < 1.29 is 22.1 Å². The van der Waals surface area contributed by atoms with Gasteiger partial charge in [-0.25, -0.2) is 5.14 Å². The van der Waals surface area contributed by atoms with Crippen LogP contribution >= 0.6 is 0 Å². The number of ether oxygens (including phenoxy) is 2. The van der Waals surface area contributed by atoms with Crippen LogP contribution in [0, 0.1) is 0 Å².